The van der Waals surface area contributed by atoms with Gasteiger partial charge in [0.05, 0.1) is 25.4 Å². The Morgan fingerprint density at radius 1 is 1.00 bits per heavy atom. The molecule has 174 valence electrons. The summed E-state index contributed by atoms with van der Waals surface area (Å²) < 4.78 is 11.0. The fraction of sp³-hybridized carbons (Fsp3) is 1.00. The summed E-state index contributed by atoms with van der Waals surface area (Å²) in [4.78, 5) is 10.2. The van der Waals surface area contributed by atoms with Gasteiger partial charge in [-0.3, -0.25) is 0 Å². The van der Waals surface area contributed by atoms with E-state index in [-0.39, 0.29) is 12.4 Å². The average molecular weight is 463 g/mol. The van der Waals surface area contributed by atoms with E-state index in [0.29, 0.717) is 6.42 Å². The van der Waals surface area contributed by atoms with Gasteiger partial charge in [-0.1, -0.05) is 6.42 Å². The number of aliphatic hydroxyl groups is 6. The van der Waals surface area contributed by atoms with Gasteiger partial charge >= 0.3 is 0 Å². The third-order valence-corrected chi connectivity index (χ3v) is 5.27. The van der Waals surface area contributed by atoms with Crippen LogP contribution in [-0.2, 0) is 19.2 Å². The van der Waals surface area contributed by atoms with Gasteiger partial charge in [0.1, 0.15) is 36.6 Å². The Balaban J connectivity index is 2.79. The average Bonchev–Trinajstić information content (AvgIpc) is 2.71. The normalized spacial score (nSPS) is 32.0. The molecule has 1 aliphatic rings. The summed E-state index contributed by atoms with van der Waals surface area (Å²) >= 11 is 8.14. The molecule has 0 aromatic carbocycles. The number of rotatable bonds is 14. The number of hydrogen-bond acceptors (Lipinski definition) is 12. The van der Waals surface area contributed by atoms with Crippen LogP contribution in [0, 0.1) is 0 Å². The maximum absolute atomic E-state index is 10.3. The Morgan fingerprint density at radius 2 is 1.69 bits per heavy atom. The molecule has 5 unspecified atom stereocenters. The van der Waals surface area contributed by atoms with Gasteiger partial charge in [0.25, 0.3) is 0 Å². The first-order valence-corrected chi connectivity index (χ1v) is 10.9. The van der Waals surface area contributed by atoms with E-state index in [1.807, 2.05) is 0 Å². The smallest absolute Gasteiger partial charge is 0.187 e. The highest BCUT2D eigenvalue weighted by Gasteiger charge is 2.46. The SMILES string of the molecule is C[C@@H](O)C(O)[C@@H](O[C@@H]1OC(CS)[C@H](O)C(O)C1O)C(CO)OOCCCCCS. The van der Waals surface area contributed by atoms with Gasteiger partial charge < -0.3 is 40.1 Å². The molecule has 12 heteroatoms. The lowest BCUT2D eigenvalue weighted by Gasteiger charge is -2.42. The van der Waals surface area contributed by atoms with Crippen molar-refractivity contribution in [3.05, 3.63) is 0 Å². The Hall–Kier alpha value is 0.300. The largest absolute Gasteiger partial charge is 0.393 e. The number of unbranched alkanes of at least 4 members (excludes halogenated alkanes) is 2. The highest BCUT2D eigenvalue weighted by atomic mass is 32.1. The molecular weight excluding hydrogens is 428 g/mol. The molecule has 0 aromatic rings. The zero-order chi connectivity index (χ0) is 22.0. The van der Waals surface area contributed by atoms with Crippen molar-refractivity contribution >= 4 is 25.3 Å². The molecule has 9 atom stereocenters. The van der Waals surface area contributed by atoms with E-state index in [1.54, 1.807) is 0 Å². The maximum atomic E-state index is 10.3. The Morgan fingerprint density at radius 3 is 2.24 bits per heavy atom. The number of aliphatic hydroxyl groups excluding tert-OH is 6. The lowest BCUT2D eigenvalue weighted by molar-refractivity contribution is -0.375. The molecule has 10 nitrogen and oxygen atoms in total. The molecule has 0 aliphatic carbocycles. The lowest BCUT2D eigenvalue weighted by atomic mass is 9.99. The zero-order valence-electron chi connectivity index (χ0n) is 16.4. The van der Waals surface area contributed by atoms with Crippen molar-refractivity contribution in [1.29, 1.82) is 0 Å². The molecule has 6 N–H and O–H groups in total. The number of thiol groups is 2. The summed E-state index contributed by atoms with van der Waals surface area (Å²) in [6.07, 6.45) is -9.94. The molecule has 1 fully saturated rings. The summed E-state index contributed by atoms with van der Waals surface area (Å²) in [6, 6.07) is 0. The van der Waals surface area contributed by atoms with Crippen LogP contribution in [0.2, 0.25) is 0 Å². The summed E-state index contributed by atoms with van der Waals surface area (Å²) in [5.41, 5.74) is 0. The van der Waals surface area contributed by atoms with Gasteiger partial charge in [-0.05, 0) is 25.5 Å². The Labute approximate surface area is 181 Å². The van der Waals surface area contributed by atoms with E-state index >= 15 is 0 Å². The van der Waals surface area contributed by atoms with Crippen LogP contribution in [0.25, 0.3) is 0 Å². The summed E-state index contributed by atoms with van der Waals surface area (Å²) in [5.74, 6) is 0.790. The maximum Gasteiger partial charge on any atom is 0.187 e. The lowest BCUT2D eigenvalue weighted by Crippen LogP contribution is -2.61. The first-order valence-electron chi connectivity index (χ1n) is 9.60. The Bertz CT molecular complexity index is 431. The van der Waals surface area contributed by atoms with Crippen molar-refractivity contribution in [1.82, 2.24) is 0 Å². The van der Waals surface area contributed by atoms with Crippen LogP contribution < -0.4 is 0 Å². The summed E-state index contributed by atoms with van der Waals surface area (Å²) in [5, 5.41) is 59.8. The second-order valence-corrected chi connectivity index (χ2v) is 7.77. The highest BCUT2D eigenvalue weighted by molar-refractivity contribution is 7.80. The molecule has 0 aromatic heterocycles. The minimum atomic E-state index is -1.65. The topological polar surface area (TPSA) is 158 Å². The fourth-order valence-electron chi connectivity index (χ4n) is 2.77. The van der Waals surface area contributed by atoms with Crippen molar-refractivity contribution in [2.45, 2.75) is 81.3 Å². The minimum absolute atomic E-state index is 0.0315. The van der Waals surface area contributed by atoms with Gasteiger partial charge in [0.15, 0.2) is 6.29 Å². The second kappa shape index (κ2) is 14.4. The molecule has 1 saturated heterocycles. The van der Waals surface area contributed by atoms with E-state index in [4.69, 9.17) is 19.2 Å². The van der Waals surface area contributed by atoms with Crippen LogP contribution in [0.4, 0.5) is 0 Å². The van der Waals surface area contributed by atoms with Crippen LogP contribution in [0.5, 0.6) is 0 Å². The van der Waals surface area contributed by atoms with Gasteiger partial charge in [0, 0.05) is 5.75 Å². The van der Waals surface area contributed by atoms with Gasteiger partial charge in [-0.25, -0.2) is 9.78 Å². The van der Waals surface area contributed by atoms with Gasteiger partial charge in [0.2, 0.25) is 0 Å². The number of hydrogen-bond donors (Lipinski definition) is 8. The van der Waals surface area contributed by atoms with Crippen LogP contribution in [0.1, 0.15) is 26.2 Å². The fourth-order valence-corrected chi connectivity index (χ4v) is 3.30. The van der Waals surface area contributed by atoms with Crippen molar-refractivity contribution in [2.75, 3.05) is 24.7 Å². The molecule has 1 rings (SSSR count). The zero-order valence-corrected chi connectivity index (χ0v) is 18.1. The first kappa shape index (κ1) is 27.3. The number of ether oxygens (including phenoxy) is 2. The molecular formula is C17H34O10S2. The quantitative estimate of drug-likeness (QED) is 0.0645. The van der Waals surface area contributed by atoms with Gasteiger partial charge in [-0.15, -0.1) is 0 Å². The van der Waals surface area contributed by atoms with Crippen LogP contribution in [-0.4, -0.2) is 110 Å². The van der Waals surface area contributed by atoms with E-state index in [2.05, 4.69) is 25.3 Å². The third-order valence-electron chi connectivity index (χ3n) is 4.59. The van der Waals surface area contributed by atoms with Crippen LogP contribution >= 0.6 is 25.3 Å². The molecule has 0 amide bonds. The molecule has 0 radical (unpaired) electrons. The standard InChI is InChI=1S/C17H34O10S2/c1-9(19)12(20)16(10(7-18)27-24-5-3-2-4-6-28)26-17-15(23)14(22)13(21)11(8-29)25-17/h9-23,28-29H,2-8H2,1H3/t9-,10?,11?,12?,13+,14?,15?,16+,17+/m1/s1. The highest BCUT2D eigenvalue weighted by Crippen LogP contribution is 2.26. The first-order chi connectivity index (χ1) is 13.8. The molecule has 1 aliphatic heterocycles. The third kappa shape index (κ3) is 8.39. The van der Waals surface area contributed by atoms with E-state index in [9.17, 15) is 30.6 Å². The predicted molar refractivity (Wildman–Crippen MR) is 109 cm³/mol. The van der Waals surface area contributed by atoms with Crippen molar-refractivity contribution in [3.63, 3.8) is 0 Å². The monoisotopic (exact) mass is 462 g/mol. The van der Waals surface area contributed by atoms with Crippen molar-refractivity contribution in [2.24, 2.45) is 0 Å². The molecule has 0 spiro atoms. The molecule has 0 saturated carbocycles. The molecule has 29 heavy (non-hydrogen) atoms. The van der Waals surface area contributed by atoms with Gasteiger partial charge in [-0.2, -0.15) is 25.3 Å². The summed E-state index contributed by atoms with van der Waals surface area (Å²) in [6.45, 7) is 0.910. The predicted octanol–water partition coefficient (Wildman–Crippen LogP) is -1.74. The summed E-state index contributed by atoms with van der Waals surface area (Å²) in [7, 11) is 0. The van der Waals surface area contributed by atoms with E-state index in [1.165, 1.54) is 6.92 Å². The van der Waals surface area contributed by atoms with Crippen molar-refractivity contribution < 1.29 is 49.9 Å². The molecule has 0 bridgehead atoms. The Kier molecular flexibility index (Phi) is 13.6. The molecule has 1 heterocycles. The van der Waals surface area contributed by atoms with Crippen molar-refractivity contribution in [3.8, 4) is 0 Å². The minimum Gasteiger partial charge on any atom is -0.393 e. The van der Waals surface area contributed by atoms with Crippen LogP contribution in [0.3, 0.4) is 0 Å². The second-order valence-electron chi connectivity index (χ2n) is 6.95. The van der Waals surface area contributed by atoms with Crippen LogP contribution in [0.15, 0.2) is 0 Å². The van der Waals surface area contributed by atoms with E-state index in [0.717, 1.165) is 18.6 Å². The van der Waals surface area contributed by atoms with E-state index < -0.39 is 61.7 Å².